The molecule has 126 valence electrons. The topological polar surface area (TPSA) is 76.5 Å². The molecule has 1 heterocycles. The van der Waals surface area contributed by atoms with Crippen molar-refractivity contribution in [3.63, 3.8) is 0 Å². The molecule has 0 unspecified atom stereocenters. The van der Waals surface area contributed by atoms with Crippen LogP contribution in [0.3, 0.4) is 0 Å². The maximum atomic E-state index is 11.8. The van der Waals surface area contributed by atoms with Gasteiger partial charge in [-0.2, -0.15) is 5.10 Å². The second-order valence-electron chi connectivity index (χ2n) is 5.69. The van der Waals surface area contributed by atoms with Gasteiger partial charge in [0.15, 0.2) is 6.61 Å². The second kappa shape index (κ2) is 7.53. The number of aryl methyl sites for hydroxylation is 2. The van der Waals surface area contributed by atoms with Crippen molar-refractivity contribution in [3.05, 3.63) is 65.5 Å². The molecule has 0 aliphatic carbocycles. The van der Waals surface area contributed by atoms with Gasteiger partial charge in [0.05, 0.1) is 23.4 Å². The summed E-state index contributed by atoms with van der Waals surface area (Å²) >= 11 is 0. The van der Waals surface area contributed by atoms with Crippen LogP contribution in [0, 0.1) is 13.8 Å². The lowest BCUT2D eigenvalue weighted by molar-refractivity contribution is -0.123. The molecule has 0 saturated carbocycles. The van der Waals surface area contributed by atoms with Gasteiger partial charge in [-0.3, -0.25) is 9.78 Å². The van der Waals surface area contributed by atoms with Crippen molar-refractivity contribution in [2.45, 2.75) is 13.8 Å². The average Bonchev–Trinajstić information content (AvgIpc) is 2.59. The molecule has 3 rings (SSSR count). The van der Waals surface area contributed by atoms with Crippen molar-refractivity contribution in [2.24, 2.45) is 5.10 Å². The van der Waals surface area contributed by atoms with Crippen LogP contribution in [-0.2, 0) is 4.79 Å². The Balaban J connectivity index is 1.54. The van der Waals surface area contributed by atoms with E-state index in [9.17, 15) is 4.79 Å². The van der Waals surface area contributed by atoms with Gasteiger partial charge < -0.3 is 4.74 Å². The summed E-state index contributed by atoms with van der Waals surface area (Å²) in [6.07, 6.45) is 3.05. The second-order valence-corrected chi connectivity index (χ2v) is 5.69. The molecule has 6 nitrogen and oxygen atoms in total. The van der Waals surface area contributed by atoms with E-state index in [4.69, 9.17) is 4.74 Å². The van der Waals surface area contributed by atoms with Crippen LogP contribution in [0.15, 0.2) is 53.8 Å². The van der Waals surface area contributed by atoms with E-state index in [2.05, 4.69) is 20.5 Å². The summed E-state index contributed by atoms with van der Waals surface area (Å²) in [7, 11) is 0. The number of para-hydroxylation sites is 2. The highest BCUT2D eigenvalue weighted by Crippen LogP contribution is 2.15. The third kappa shape index (κ3) is 4.60. The van der Waals surface area contributed by atoms with E-state index in [0.717, 1.165) is 22.2 Å². The average molecular weight is 334 g/mol. The van der Waals surface area contributed by atoms with Crippen molar-refractivity contribution >= 4 is 23.2 Å². The Labute approximate surface area is 145 Å². The Kier molecular flexibility index (Phi) is 4.99. The van der Waals surface area contributed by atoms with Gasteiger partial charge in [0.1, 0.15) is 11.4 Å². The maximum Gasteiger partial charge on any atom is 0.277 e. The summed E-state index contributed by atoms with van der Waals surface area (Å²) in [6.45, 7) is 3.85. The third-order valence-electron chi connectivity index (χ3n) is 3.42. The Morgan fingerprint density at radius 1 is 1.16 bits per heavy atom. The van der Waals surface area contributed by atoms with Crippen molar-refractivity contribution in [1.82, 2.24) is 15.4 Å². The number of nitrogens with one attached hydrogen (secondary N) is 1. The van der Waals surface area contributed by atoms with E-state index in [1.807, 2.05) is 56.3 Å². The van der Waals surface area contributed by atoms with Crippen LogP contribution in [0.2, 0.25) is 0 Å². The highest BCUT2D eigenvalue weighted by molar-refractivity contribution is 5.84. The molecule has 0 aliphatic rings. The first-order valence-corrected chi connectivity index (χ1v) is 7.85. The van der Waals surface area contributed by atoms with Crippen molar-refractivity contribution < 1.29 is 9.53 Å². The lowest BCUT2D eigenvalue weighted by atomic mass is 10.1. The van der Waals surface area contributed by atoms with Crippen LogP contribution in [0.25, 0.3) is 11.0 Å². The fourth-order valence-electron chi connectivity index (χ4n) is 2.40. The van der Waals surface area contributed by atoms with Crippen LogP contribution in [0.1, 0.15) is 16.8 Å². The summed E-state index contributed by atoms with van der Waals surface area (Å²) in [5.41, 5.74) is 6.74. The molecule has 0 radical (unpaired) electrons. The van der Waals surface area contributed by atoms with Gasteiger partial charge in [-0.25, -0.2) is 10.4 Å². The fraction of sp³-hybridized carbons (Fsp3) is 0.158. The molecule has 3 aromatic rings. The standard InChI is InChI=1S/C19H18N4O2/c1-13-7-14(2)9-16(8-13)25-12-19(24)23-21-11-15-10-20-17-5-3-4-6-18(17)22-15/h3-11H,12H2,1-2H3,(H,23,24)/b21-11+. The monoisotopic (exact) mass is 334 g/mol. The van der Waals surface area contributed by atoms with E-state index in [1.165, 1.54) is 6.21 Å². The van der Waals surface area contributed by atoms with Crippen molar-refractivity contribution in [2.75, 3.05) is 6.61 Å². The zero-order valence-corrected chi connectivity index (χ0v) is 14.1. The Bertz CT molecular complexity index is 917. The number of benzene rings is 2. The number of nitrogens with zero attached hydrogens (tertiary/aromatic N) is 3. The zero-order valence-electron chi connectivity index (χ0n) is 14.1. The van der Waals surface area contributed by atoms with Gasteiger partial charge in [-0.1, -0.05) is 18.2 Å². The molecule has 0 bridgehead atoms. The Morgan fingerprint density at radius 3 is 2.64 bits per heavy atom. The number of carbonyl (C=O) groups is 1. The summed E-state index contributed by atoms with van der Waals surface area (Å²) in [6, 6.07) is 13.4. The minimum Gasteiger partial charge on any atom is -0.484 e. The number of aromatic nitrogens is 2. The maximum absolute atomic E-state index is 11.8. The van der Waals surface area contributed by atoms with Gasteiger partial charge >= 0.3 is 0 Å². The highest BCUT2D eigenvalue weighted by atomic mass is 16.5. The number of hydrazone groups is 1. The Morgan fingerprint density at radius 2 is 1.88 bits per heavy atom. The Hall–Kier alpha value is -3.28. The van der Waals surface area contributed by atoms with Crippen molar-refractivity contribution in [3.8, 4) is 5.75 Å². The van der Waals surface area contributed by atoms with E-state index in [1.54, 1.807) is 6.20 Å². The molecule has 0 aliphatic heterocycles. The van der Waals surface area contributed by atoms with Crippen LogP contribution in [0.5, 0.6) is 5.75 Å². The van der Waals surface area contributed by atoms with E-state index in [0.29, 0.717) is 11.4 Å². The predicted octanol–water partition coefficient (Wildman–Crippen LogP) is 2.78. The molecule has 2 aromatic carbocycles. The summed E-state index contributed by atoms with van der Waals surface area (Å²) < 4.78 is 5.48. The third-order valence-corrected chi connectivity index (χ3v) is 3.42. The molecule has 1 aromatic heterocycles. The minimum absolute atomic E-state index is 0.108. The highest BCUT2D eigenvalue weighted by Gasteiger charge is 2.03. The smallest absolute Gasteiger partial charge is 0.277 e. The molecule has 0 atom stereocenters. The van der Waals surface area contributed by atoms with Crippen LogP contribution in [-0.4, -0.2) is 28.7 Å². The summed E-state index contributed by atoms with van der Waals surface area (Å²) in [4.78, 5) is 20.5. The number of carbonyl (C=O) groups excluding carboxylic acids is 1. The largest absolute Gasteiger partial charge is 0.484 e. The quantitative estimate of drug-likeness (QED) is 0.575. The van der Waals surface area contributed by atoms with Gasteiger partial charge in [0, 0.05) is 0 Å². The number of hydrogen-bond acceptors (Lipinski definition) is 5. The molecule has 1 amide bonds. The van der Waals surface area contributed by atoms with Crippen LogP contribution >= 0.6 is 0 Å². The molecule has 25 heavy (non-hydrogen) atoms. The van der Waals surface area contributed by atoms with Gasteiger partial charge in [0.2, 0.25) is 0 Å². The minimum atomic E-state index is -0.343. The summed E-state index contributed by atoms with van der Waals surface area (Å²) in [5, 5.41) is 3.89. The molecule has 0 spiro atoms. The van der Waals surface area contributed by atoms with Gasteiger partial charge in [-0.05, 0) is 49.2 Å². The number of amides is 1. The fourth-order valence-corrected chi connectivity index (χ4v) is 2.40. The number of ether oxygens (including phenoxy) is 1. The van der Waals surface area contributed by atoms with Crippen molar-refractivity contribution in [1.29, 1.82) is 0 Å². The first-order valence-electron chi connectivity index (χ1n) is 7.85. The first kappa shape index (κ1) is 16.6. The van der Waals surface area contributed by atoms with Crippen LogP contribution < -0.4 is 10.2 Å². The lowest BCUT2D eigenvalue weighted by Gasteiger charge is -2.07. The predicted molar refractivity (Wildman–Crippen MR) is 96.7 cm³/mol. The summed E-state index contributed by atoms with van der Waals surface area (Å²) in [5.74, 6) is 0.321. The van der Waals surface area contributed by atoms with E-state index in [-0.39, 0.29) is 12.5 Å². The number of rotatable bonds is 5. The molecular formula is C19H18N4O2. The molecule has 0 saturated heterocycles. The van der Waals surface area contributed by atoms with Gasteiger partial charge in [0.25, 0.3) is 5.91 Å². The number of hydrogen-bond donors (Lipinski definition) is 1. The molecular weight excluding hydrogens is 316 g/mol. The van der Waals surface area contributed by atoms with E-state index < -0.39 is 0 Å². The van der Waals surface area contributed by atoms with Crippen LogP contribution in [0.4, 0.5) is 0 Å². The van der Waals surface area contributed by atoms with Gasteiger partial charge in [-0.15, -0.1) is 0 Å². The molecule has 6 heteroatoms. The molecule has 0 fully saturated rings. The van der Waals surface area contributed by atoms with E-state index >= 15 is 0 Å². The SMILES string of the molecule is Cc1cc(C)cc(OCC(=O)N/N=C/c2cnc3ccccc3n2)c1. The molecule has 1 N–H and O–H groups in total. The number of fused-ring (bicyclic) bond motifs is 1. The normalized spacial score (nSPS) is 11.0. The zero-order chi connectivity index (χ0) is 17.6. The first-order chi connectivity index (χ1) is 12.1. The lowest BCUT2D eigenvalue weighted by Crippen LogP contribution is -2.24.